The summed E-state index contributed by atoms with van der Waals surface area (Å²) in [7, 11) is 0. The number of carbonyl (C=O) groups is 1. The second-order valence-corrected chi connectivity index (χ2v) is 4.62. The Bertz CT molecular complexity index is 416. The molecule has 0 amide bonds. The molecule has 0 spiro atoms. The Balaban J connectivity index is 0.00000180. The van der Waals surface area contributed by atoms with E-state index in [9.17, 15) is 13.6 Å². The van der Waals surface area contributed by atoms with Crippen molar-refractivity contribution in [2.45, 2.75) is 13.0 Å². The van der Waals surface area contributed by atoms with Gasteiger partial charge < -0.3 is 5.11 Å². The van der Waals surface area contributed by atoms with Crippen LogP contribution in [-0.4, -0.2) is 35.5 Å². The van der Waals surface area contributed by atoms with Crippen molar-refractivity contribution >= 4 is 18.4 Å². The van der Waals surface area contributed by atoms with Gasteiger partial charge in [-0.25, -0.2) is 8.78 Å². The molecule has 6 heteroatoms. The highest BCUT2D eigenvalue weighted by molar-refractivity contribution is 5.85. The molecule has 0 bridgehead atoms. The number of halogens is 3. The van der Waals surface area contributed by atoms with Crippen molar-refractivity contribution in [2.75, 3.05) is 13.1 Å². The van der Waals surface area contributed by atoms with Gasteiger partial charge >= 0.3 is 5.97 Å². The molecule has 1 aromatic carbocycles. The topological polar surface area (TPSA) is 40.5 Å². The largest absolute Gasteiger partial charge is 0.481 e. The van der Waals surface area contributed by atoms with E-state index in [0.29, 0.717) is 6.54 Å². The summed E-state index contributed by atoms with van der Waals surface area (Å²) in [6.45, 7) is 0.858. The van der Waals surface area contributed by atoms with Crippen LogP contribution in [0.1, 0.15) is 5.56 Å². The lowest BCUT2D eigenvalue weighted by Crippen LogP contribution is -2.27. The third-order valence-electron chi connectivity index (χ3n) is 3.33. The fourth-order valence-corrected chi connectivity index (χ4v) is 2.40. The molecular weight excluding hydrogens is 276 g/mol. The summed E-state index contributed by atoms with van der Waals surface area (Å²) >= 11 is 0. The monoisotopic (exact) mass is 291 g/mol. The van der Waals surface area contributed by atoms with Gasteiger partial charge in [0.2, 0.25) is 6.43 Å². The van der Waals surface area contributed by atoms with E-state index in [4.69, 9.17) is 5.11 Å². The molecule has 19 heavy (non-hydrogen) atoms. The minimum absolute atomic E-state index is 0. The molecular formula is C13H16ClF2NO2. The van der Waals surface area contributed by atoms with Crippen molar-refractivity contribution in [1.82, 2.24) is 4.90 Å². The van der Waals surface area contributed by atoms with Gasteiger partial charge in [-0.3, -0.25) is 9.69 Å². The van der Waals surface area contributed by atoms with Gasteiger partial charge in [0, 0.05) is 25.6 Å². The number of rotatable bonds is 4. The normalized spacial score (nSPS) is 23.3. The van der Waals surface area contributed by atoms with E-state index < -0.39 is 24.2 Å². The first-order valence-corrected chi connectivity index (χ1v) is 5.85. The van der Waals surface area contributed by atoms with Crippen molar-refractivity contribution < 1.29 is 18.7 Å². The van der Waals surface area contributed by atoms with Crippen LogP contribution in [0.3, 0.4) is 0 Å². The van der Waals surface area contributed by atoms with Gasteiger partial charge in [-0.1, -0.05) is 30.3 Å². The molecule has 0 saturated carbocycles. The number of likely N-dealkylation sites (tertiary alicyclic amines) is 1. The Morgan fingerprint density at radius 3 is 2.42 bits per heavy atom. The molecule has 2 atom stereocenters. The molecule has 0 aliphatic carbocycles. The van der Waals surface area contributed by atoms with Crippen LogP contribution in [0.2, 0.25) is 0 Å². The first-order valence-electron chi connectivity index (χ1n) is 5.85. The quantitative estimate of drug-likeness (QED) is 0.927. The standard InChI is InChI=1S/C13H15F2NO2.ClH/c14-12(15)10-7-16(8-11(10)13(17)18)6-9-4-2-1-3-5-9;/h1-5,10-12H,6-8H2,(H,17,18);1H/t10-,11-;/m1./s1. The third kappa shape index (κ3) is 3.88. The van der Waals surface area contributed by atoms with Crippen molar-refractivity contribution in [1.29, 1.82) is 0 Å². The summed E-state index contributed by atoms with van der Waals surface area (Å²) in [6.07, 6.45) is -2.58. The van der Waals surface area contributed by atoms with Crippen LogP contribution < -0.4 is 0 Å². The predicted octanol–water partition coefficient (Wildman–Crippen LogP) is 2.51. The first-order chi connectivity index (χ1) is 8.58. The van der Waals surface area contributed by atoms with Crippen LogP contribution in [0, 0.1) is 11.8 Å². The van der Waals surface area contributed by atoms with Crippen LogP contribution in [0.4, 0.5) is 8.78 Å². The Morgan fingerprint density at radius 2 is 1.95 bits per heavy atom. The summed E-state index contributed by atoms with van der Waals surface area (Å²) in [5.41, 5.74) is 1.01. The van der Waals surface area contributed by atoms with E-state index in [1.165, 1.54) is 0 Å². The van der Waals surface area contributed by atoms with Gasteiger partial charge in [-0.05, 0) is 5.56 Å². The van der Waals surface area contributed by atoms with Gasteiger partial charge in [-0.15, -0.1) is 12.4 Å². The molecule has 1 fully saturated rings. The molecule has 106 valence electrons. The number of aliphatic carboxylic acids is 1. The van der Waals surface area contributed by atoms with E-state index in [0.717, 1.165) is 5.56 Å². The summed E-state index contributed by atoms with van der Waals surface area (Å²) in [5, 5.41) is 8.96. The minimum atomic E-state index is -2.58. The highest BCUT2D eigenvalue weighted by atomic mass is 35.5. The molecule has 1 saturated heterocycles. The van der Waals surface area contributed by atoms with E-state index in [1.54, 1.807) is 4.90 Å². The Morgan fingerprint density at radius 1 is 1.32 bits per heavy atom. The van der Waals surface area contributed by atoms with Crippen LogP contribution in [0.5, 0.6) is 0 Å². The van der Waals surface area contributed by atoms with Crippen LogP contribution in [0.15, 0.2) is 30.3 Å². The molecule has 0 radical (unpaired) electrons. The maximum absolute atomic E-state index is 12.8. The number of hydrogen-bond donors (Lipinski definition) is 1. The molecule has 2 rings (SSSR count). The Labute approximate surface area is 116 Å². The molecule has 1 aliphatic heterocycles. The average molecular weight is 292 g/mol. The number of carboxylic acids is 1. The number of benzene rings is 1. The lowest BCUT2D eigenvalue weighted by atomic mass is 9.97. The summed E-state index contributed by atoms with van der Waals surface area (Å²) in [6, 6.07) is 9.46. The second kappa shape index (κ2) is 6.82. The molecule has 1 heterocycles. The molecule has 1 N–H and O–H groups in total. The van der Waals surface area contributed by atoms with E-state index in [-0.39, 0.29) is 25.5 Å². The summed E-state index contributed by atoms with van der Waals surface area (Å²) in [4.78, 5) is 12.7. The molecule has 1 aromatic rings. The van der Waals surface area contributed by atoms with E-state index in [2.05, 4.69) is 0 Å². The number of alkyl halides is 2. The van der Waals surface area contributed by atoms with E-state index >= 15 is 0 Å². The van der Waals surface area contributed by atoms with Crippen molar-refractivity contribution in [3.8, 4) is 0 Å². The van der Waals surface area contributed by atoms with E-state index in [1.807, 2.05) is 30.3 Å². The summed E-state index contributed by atoms with van der Waals surface area (Å²) < 4.78 is 25.5. The van der Waals surface area contributed by atoms with Crippen molar-refractivity contribution in [3.63, 3.8) is 0 Å². The zero-order valence-corrected chi connectivity index (χ0v) is 11.0. The highest BCUT2D eigenvalue weighted by Crippen LogP contribution is 2.29. The van der Waals surface area contributed by atoms with Crippen LogP contribution in [-0.2, 0) is 11.3 Å². The van der Waals surface area contributed by atoms with Gasteiger partial charge in [-0.2, -0.15) is 0 Å². The summed E-state index contributed by atoms with van der Waals surface area (Å²) in [5.74, 6) is -3.16. The van der Waals surface area contributed by atoms with Gasteiger partial charge in [0.25, 0.3) is 0 Å². The Kier molecular flexibility index (Phi) is 5.69. The van der Waals surface area contributed by atoms with Crippen molar-refractivity contribution in [2.24, 2.45) is 11.8 Å². The fourth-order valence-electron chi connectivity index (χ4n) is 2.40. The van der Waals surface area contributed by atoms with Crippen LogP contribution >= 0.6 is 12.4 Å². The maximum atomic E-state index is 12.8. The number of carboxylic acid groups (broad SMARTS) is 1. The van der Waals surface area contributed by atoms with Crippen LogP contribution in [0.25, 0.3) is 0 Å². The molecule has 3 nitrogen and oxygen atoms in total. The molecule has 0 aromatic heterocycles. The lowest BCUT2D eigenvalue weighted by molar-refractivity contribution is -0.144. The second-order valence-electron chi connectivity index (χ2n) is 4.62. The smallest absolute Gasteiger partial charge is 0.308 e. The van der Waals surface area contributed by atoms with Gasteiger partial charge in [0.05, 0.1) is 5.92 Å². The minimum Gasteiger partial charge on any atom is -0.481 e. The SMILES string of the molecule is Cl.O=C(O)[C@@H]1CN(Cc2ccccc2)C[C@H]1C(F)F. The lowest BCUT2D eigenvalue weighted by Gasteiger charge is -2.15. The molecule has 1 aliphatic rings. The first kappa shape index (κ1) is 15.9. The van der Waals surface area contributed by atoms with Crippen molar-refractivity contribution in [3.05, 3.63) is 35.9 Å². The maximum Gasteiger partial charge on any atom is 0.308 e. The average Bonchev–Trinajstić information content (AvgIpc) is 2.74. The zero-order chi connectivity index (χ0) is 13.1. The molecule has 0 unspecified atom stereocenters. The van der Waals surface area contributed by atoms with Gasteiger partial charge in [0.15, 0.2) is 0 Å². The number of nitrogens with zero attached hydrogens (tertiary/aromatic N) is 1. The third-order valence-corrected chi connectivity index (χ3v) is 3.33. The predicted molar refractivity (Wildman–Crippen MR) is 69.6 cm³/mol. The van der Waals surface area contributed by atoms with Gasteiger partial charge in [0.1, 0.15) is 0 Å². The Hall–Kier alpha value is -1.20. The highest BCUT2D eigenvalue weighted by Gasteiger charge is 2.42. The zero-order valence-electron chi connectivity index (χ0n) is 10.2. The number of hydrogen-bond acceptors (Lipinski definition) is 2. The fraction of sp³-hybridized carbons (Fsp3) is 0.462.